The molecule has 1 amide bonds. The fourth-order valence-corrected chi connectivity index (χ4v) is 3.04. The molecule has 0 aliphatic heterocycles. The summed E-state index contributed by atoms with van der Waals surface area (Å²) in [5.41, 5.74) is 1.57. The molecule has 2 aliphatic rings. The normalized spacial score (nSPS) is 29.2. The van der Waals surface area contributed by atoms with Crippen LogP contribution in [0, 0.1) is 11.8 Å². The lowest BCUT2D eigenvalue weighted by Crippen LogP contribution is -2.33. The number of carbonyl (C=O) groups excluding carboxylic acids is 1. The Morgan fingerprint density at radius 1 is 1.28 bits per heavy atom. The van der Waals surface area contributed by atoms with Crippen LogP contribution in [-0.2, 0) is 0 Å². The fourth-order valence-electron chi connectivity index (χ4n) is 3.04. The quantitative estimate of drug-likeness (QED) is 0.820. The van der Waals surface area contributed by atoms with E-state index in [0.717, 1.165) is 24.7 Å². The van der Waals surface area contributed by atoms with E-state index in [-0.39, 0.29) is 5.91 Å². The van der Waals surface area contributed by atoms with Gasteiger partial charge in [-0.2, -0.15) is 10.3 Å². The van der Waals surface area contributed by atoms with Crippen LogP contribution in [0.1, 0.15) is 29.6 Å². The first kappa shape index (κ1) is 9.99. The van der Waals surface area contributed by atoms with Crippen molar-refractivity contribution in [3.05, 3.63) is 17.8 Å². The SMILES string of the molecule is O=C(NC1CC2CC2C1)c1ccnc2n[nH]nc12. The Morgan fingerprint density at radius 3 is 2.94 bits per heavy atom. The Labute approximate surface area is 103 Å². The number of aromatic nitrogens is 4. The van der Waals surface area contributed by atoms with Gasteiger partial charge in [0.1, 0.15) is 5.52 Å². The molecule has 2 N–H and O–H groups in total. The van der Waals surface area contributed by atoms with Crippen molar-refractivity contribution in [2.24, 2.45) is 11.8 Å². The van der Waals surface area contributed by atoms with E-state index in [9.17, 15) is 4.79 Å². The standard InChI is InChI=1S/C12H13N5O/c18-12(14-8-4-6-3-7(6)5-8)9-1-2-13-11-10(9)15-17-16-11/h1-2,6-8H,3-5H2,(H,14,18)(H,13,15,16,17). The van der Waals surface area contributed by atoms with Crippen LogP contribution in [-0.4, -0.2) is 32.3 Å². The molecule has 6 heteroatoms. The predicted octanol–water partition coefficient (Wildman–Crippen LogP) is 0.881. The average Bonchev–Trinajstić information content (AvgIpc) is 2.80. The van der Waals surface area contributed by atoms with E-state index in [1.54, 1.807) is 12.3 Å². The van der Waals surface area contributed by atoms with Gasteiger partial charge in [-0.15, -0.1) is 5.10 Å². The summed E-state index contributed by atoms with van der Waals surface area (Å²) in [5, 5.41) is 13.5. The van der Waals surface area contributed by atoms with Crippen molar-refractivity contribution >= 4 is 17.1 Å². The van der Waals surface area contributed by atoms with Crippen molar-refractivity contribution in [3.8, 4) is 0 Å². The van der Waals surface area contributed by atoms with Gasteiger partial charge in [0.15, 0.2) is 0 Å². The van der Waals surface area contributed by atoms with E-state index in [1.165, 1.54) is 6.42 Å². The second-order valence-electron chi connectivity index (χ2n) is 5.25. The first-order valence-corrected chi connectivity index (χ1v) is 6.27. The largest absolute Gasteiger partial charge is 0.349 e. The molecule has 2 heterocycles. The first-order valence-electron chi connectivity index (χ1n) is 6.27. The van der Waals surface area contributed by atoms with Gasteiger partial charge < -0.3 is 5.32 Å². The van der Waals surface area contributed by atoms with Crippen molar-refractivity contribution in [3.63, 3.8) is 0 Å². The molecule has 2 aliphatic carbocycles. The van der Waals surface area contributed by atoms with Crippen LogP contribution in [0.4, 0.5) is 0 Å². The molecule has 4 rings (SSSR count). The molecule has 0 saturated heterocycles. The number of pyridine rings is 1. The van der Waals surface area contributed by atoms with Gasteiger partial charge >= 0.3 is 0 Å². The van der Waals surface area contributed by atoms with Gasteiger partial charge in [0.25, 0.3) is 5.91 Å². The lowest BCUT2D eigenvalue weighted by atomic mass is 10.1. The zero-order valence-corrected chi connectivity index (χ0v) is 9.76. The third kappa shape index (κ3) is 1.48. The summed E-state index contributed by atoms with van der Waals surface area (Å²) in [7, 11) is 0. The highest BCUT2D eigenvalue weighted by Gasteiger charge is 2.46. The molecule has 2 atom stereocenters. The highest BCUT2D eigenvalue weighted by atomic mass is 16.1. The lowest BCUT2D eigenvalue weighted by Gasteiger charge is -2.13. The third-order valence-electron chi connectivity index (χ3n) is 4.05. The lowest BCUT2D eigenvalue weighted by molar-refractivity contribution is 0.0937. The number of nitrogens with zero attached hydrogens (tertiary/aromatic N) is 3. The van der Waals surface area contributed by atoms with Gasteiger partial charge in [0.2, 0.25) is 5.65 Å². The van der Waals surface area contributed by atoms with E-state index in [4.69, 9.17) is 0 Å². The van der Waals surface area contributed by atoms with Crippen molar-refractivity contribution in [2.75, 3.05) is 0 Å². The molecule has 0 aromatic carbocycles. The second-order valence-corrected chi connectivity index (χ2v) is 5.25. The number of hydrogen-bond acceptors (Lipinski definition) is 4. The topological polar surface area (TPSA) is 83.6 Å². The number of amides is 1. The summed E-state index contributed by atoms with van der Waals surface area (Å²) in [6.07, 6.45) is 5.20. The summed E-state index contributed by atoms with van der Waals surface area (Å²) in [6, 6.07) is 2.02. The Morgan fingerprint density at radius 2 is 2.11 bits per heavy atom. The van der Waals surface area contributed by atoms with Gasteiger partial charge in [-0.1, -0.05) is 0 Å². The molecule has 6 nitrogen and oxygen atoms in total. The monoisotopic (exact) mass is 243 g/mol. The van der Waals surface area contributed by atoms with Crippen LogP contribution in [0.25, 0.3) is 11.2 Å². The van der Waals surface area contributed by atoms with Crippen molar-refractivity contribution in [2.45, 2.75) is 25.3 Å². The van der Waals surface area contributed by atoms with Gasteiger partial charge in [-0.3, -0.25) is 4.79 Å². The van der Waals surface area contributed by atoms with Crippen molar-refractivity contribution < 1.29 is 4.79 Å². The average molecular weight is 243 g/mol. The number of aromatic amines is 1. The number of hydrogen-bond donors (Lipinski definition) is 2. The minimum atomic E-state index is -0.0670. The van der Waals surface area contributed by atoms with Gasteiger partial charge in [-0.25, -0.2) is 4.98 Å². The first-order chi connectivity index (χ1) is 8.81. The maximum absolute atomic E-state index is 12.2. The zero-order chi connectivity index (χ0) is 12.1. The smallest absolute Gasteiger partial charge is 0.253 e. The molecule has 0 spiro atoms. The molecule has 92 valence electrons. The Hall–Kier alpha value is -1.98. The fraction of sp³-hybridized carbons (Fsp3) is 0.500. The summed E-state index contributed by atoms with van der Waals surface area (Å²) in [4.78, 5) is 16.3. The van der Waals surface area contributed by atoms with Gasteiger partial charge in [0.05, 0.1) is 5.56 Å². The van der Waals surface area contributed by atoms with Crippen LogP contribution in [0.5, 0.6) is 0 Å². The molecule has 0 bridgehead atoms. The molecule has 2 saturated carbocycles. The van der Waals surface area contributed by atoms with E-state index in [2.05, 4.69) is 25.7 Å². The summed E-state index contributed by atoms with van der Waals surface area (Å²) < 4.78 is 0. The minimum Gasteiger partial charge on any atom is -0.349 e. The molecule has 2 fully saturated rings. The van der Waals surface area contributed by atoms with Crippen LogP contribution in [0.2, 0.25) is 0 Å². The molecule has 18 heavy (non-hydrogen) atoms. The van der Waals surface area contributed by atoms with Crippen LogP contribution in [0.3, 0.4) is 0 Å². The number of fused-ring (bicyclic) bond motifs is 2. The second kappa shape index (κ2) is 3.51. The molecular formula is C12H13N5O. The Kier molecular flexibility index (Phi) is 1.95. The maximum atomic E-state index is 12.2. The highest BCUT2D eigenvalue weighted by Crippen LogP contribution is 2.51. The van der Waals surface area contributed by atoms with Crippen LogP contribution in [0.15, 0.2) is 12.3 Å². The maximum Gasteiger partial charge on any atom is 0.253 e. The Bertz CT molecular complexity index is 612. The number of carbonyl (C=O) groups is 1. The van der Waals surface area contributed by atoms with E-state index >= 15 is 0 Å². The van der Waals surface area contributed by atoms with Crippen molar-refractivity contribution in [1.29, 1.82) is 0 Å². The molecular weight excluding hydrogens is 230 g/mol. The van der Waals surface area contributed by atoms with Crippen LogP contribution >= 0.6 is 0 Å². The molecule has 2 aromatic rings. The molecule has 2 unspecified atom stereocenters. The van der Waals surface area contributed by atoms with Gasteiger partial charge in [-0.05, 0) is 37.2 Å². The van der Waals surface area contributed by atoms with Crippen LogP contribution < -0.4 is 5.32 Å². The zero-order valence-electron chi connectivity index (χ0n) is 9.76. The van der Waals surface area contributed by atoms with E-state index < -0.39 is 0 Å². The van der Waals surface area contributed by atoms with Crippen molar-refractivity contribution in [1.82, 2.24) is 25.7 Å². The number of nitrogens with one attached hydrogen (secondary N) is 2. The number of H-pyrrole nitrogens is 1. The summed E-state index contributed by atoms with van der Waals surface area (Å²) in [6.45, 7) is 0. The third-order valence-corrected chi connectivity index (χ3v) is 4.05. The summed E-state index contributed by atoms with van der Waals surface area (Å²) in [5.74, 6) is 1.65. The Balaban J connectivity index is 1.58. The summed E-state index contributed by atoms with van der Waals surface area (Å²) >= 11 is 0. The molecule has 0 radical (unpaired) electrons. The van der Waals surface area contributed by atoms with E-state index in [1.807, 2.05) is 0 Å². The van der Waals surface area contributed by atoms with Gasteiger partial charge in [0, 0.05) is 12.2 Å². The predicted molar refractivity (Wildman–Crippen MR) is 63.8 cm³/mol. The van der Waals surface area contributed by atoms with E-state index in [0.29, 0.717) is 22.8 Å². The highest BCUT2D eigenvalue weighted by molar-refractivity contribution is 6.03. The minimum absolute atomic E-state index is 0.0670. The molecule has 2 aromatic heterocycles. The number of rotatable bonds is 2.